The van der Waals surface area contributed by atoms with Gasteiger partial charge in [-0.1, -0.05) is 19.1 Å². The highest BCUT2D eigenvalue weighted by atomic mass is 79.9. The third-order valence-corrected chi connectivity index (χ3v) is 9.28. The minimum atomic E-state index is -3.09. The van der Waals surface area contributed by atoms with Gasteiger partial charge in [0, 0.05) is 15.4 Å². The smallest absolute Gasteiger partial charge is 0.257 e. The van der Waals surface area contributed by atoms with Crippen molar-refractivity contribution in [3.8, 4) is 0 Å². The molecule has 0 bridgehead atoms. The van der Waals surface area contributed by atoms with Crippen molar-refractivity contribution in [2.45, 2.75) is 38.6 Å². The number of hydrogen-bond donors (Lipinski definition) is 2. The predicted octanol–water partition coefficient (Wildman–Crippen LogP) is 3.80. The molecule has 2 aromatic rings. The molecule has 4 rings (SSSR count). The van der Waals surface area contributed by atoms with Gasteiger partial charge >= 0.3 is 0 Å². The van der Waals surface area contributed by atoms with Crippen LogP contribution < -0.4 is 10.6 Å². The van der Waals surface area contributed by atoms with E-state index < -0.39 is 9.84 Å². The normalized spacial score (nSPS) is 22.3. The highest BCUT2D eigenvalue weighted by Gasteiger charge is 2.33. The monoisotopic (exact) mass is 510 g/mol. The summed E-state index contributed by atoms with van der Waals surface area (Å²) in [6.07, 6.45) is 3.07. The SMILES string of the molecule is CC1CCc2c(sc(NC(=O)c3ccccc3Br)c2C(=O)NC2CCS(=O)(=O)C2)C1. The van der Waals surface area contributed by atoms with E-state index in [1.165, 1.54) is 11.3 Å². The number of amides is 2. The Kier molecular flexibility index (Phi) is 6.05. The molecule has 2 unspecified atom stereocenters. The zero-order valence-electron chi connectivity index (χ0n) is 16.5. The van der Waals surface area contributed by atoms with E-state index >= 15 is 0 Å². The number of halogens is 1. The van der Waals surface area contributed by atoms with E-state index in [1.54, 1.807) is 18.2 Å². The third kappa shape index (κ3) is 4.48. The van der Waals surface area contributed by atoms with Crippen LogP contribution in [0, 0.1) is 5.92 Å². The van der Waals surface area contributed by atoms with Crippen molar-refractivity contribution in [2.24, 2.45) is 5.92 Å². The molecule has 1 aliphatic heterocycles. The van der Waals surface area contributed by atoms with Gasteiger partial charge in [-0.15, -0.1) is 11.3 Å². The average Bonchev–Trinajstić information content (AvgIpc) is 3.20. The summed E-state index contributed by atoms with van der Waals surface area (Å²) in [5, 5.41) is 6.36. The fraction of sp³-hybridized carbons (Fsp3) is 0.429. The molecular formula is C21H23BrN2O4S2. The molecule has 1 saturated heterocycles. The molecule has 1 aliphatic carbocycles. The van der Waals surface area contributed by atoms with Gasteiger partial charge in [-0.25, -0.2) is 8.42 Å². The van der Waals surface area contributed by atoms with Crippen LogP contribution in [0.2, 0.25) is 0 Å². The Bertz CT molecular complexity index is 1110. The van der Waals surface area contributed by atoms with Gasteiger partial charge in [0.25, 0.3) is 11.8 Å². The first-order valence-electron chi connectivity index (χ1n) is 9.95. The highest BCUT2D eigenvalue weighted by molar-refractivity contribution is 9.10. The van der Waals surface area contributed by atoms with Crippen molar-refractivity contribution >= 4 is 53.9 Å². The Morgan fingerprint density at radius 1 is 1.17 bits per heavy atom. The van der Waals surface area contributed by atoms with Crippen LogP contribution in [-0.4, -0.2) is 37.8 Å². The van der Waals surface area contributed by atoms with Crippen LogP contribution >= 0.6 is 27.3 Å². The number of rotatable bonds is 4. The van der Waals surface area contributed by atoms with Gasteiger partial charge in [-0.3, -0.25) is 9.59 Å². The fourth-order valence-electron chi connectivity index (χ4n) is 4.06. The lowest BCUT2D eigenvalue weighted by molar-refractivity contribution is 0.0941. The summed E-state index contributed by atoms with van der Waals surface area (Å²) in [6.45, 7) is 2.19. The average molecular weight is 511 g/mol. The van der Waals surface area contributed by atoms with Crippen LogP contribution in [0.4, 0.5) is 5.00 Å². The van der Waals surface area contributed by atoms with E-state index in [0.717, 1.165) is 29.7 Å². The number of thiophene rings is 1. The number of hydrogen-bond acceptors (Lipinski definition) is 5. The molecule has 0 spiro atoms. The van der Waals surface area contributed by atoms with Crippen LogP contribution in [0.1, 0.15) is 50.9 Å². The van der Waals surface area contributed by atoms with Gasteiger partial charge in [0.2, 0.25) is 0 Å². The Hall–Kier alpha value is -1.71. The maximum absolute atomic E-state index is 13.2. The molecule has 1 aromatic carbocycles. The summed E-state index contributed by atoms with van der Waals surface area (Å²) in [5.41, 5.74) is 1.97. The van der Waals surface area contributed by atoms with E-state index in [4.69, 9.17) is 0 Å². The lowest BCUT2D eigenvalue weighted by Gasteiger charge is -2.19. The van der Waals surface area contributed by atoms with Gasteiger partial charge in [0.05, 0.1) is 22.6 Å². The van der Waals surface area contributed by atoms with Crippen LogP contribution in [0.25, 0.3) is 0 Å². The molecule has 30 heavy (non-hydrogen) atoms. The quantitative estimate of drug-likeness (QED) is 0.653. The maximum atomic E-state index is 13.2. The number of carbonyl (C=O) groups is 2. The molecule has 9 heteroatoms. The molecule has 2 heterocycles. The first-order chi connectivity index (χ1) is 14.2. The molecule has 2 aliphatic rings. The van der Waals surface area contributed by atoms with Gasteiger partial charge in [0.15, 0.2) is 9.84 Å². The van der Waals surface area contributed by atoms with Crippen molar-refractivity contribution in [3.05, 3.63) is 50.3 Å². The van der Waals surface area contributed by atoms with Crippen molar-refractivity contribution in [2.75, 3.05) is 16.8 Å². The molecule has 6 nitrogen and oxygen atoms in total. The Morgan fingerprint density at radius 3 is 2.63 bits per heavy atom. The topological polar surface area (TPSA) is 92.3 Å². The zero-order valence-corrected chi connectivity index (χ0v) is 19.8. The summed E-state index contributed by atoms with van der Waals surface area (Å²) in [5.74, 6) is 0.0147. The maximum Gasteiger partial charge on any atom is 0.257 e. The number of carbonyl (C=O) groups excluding carboxylic acids is 2. The first-order valence-corrected chi connectivity index (χ1v) is 13.4. The molecule has 2 atom stereocenters. The molecule has 1 fully saturated rings. The molecule has 2 amide bonds. The van der Waals surface area contributed by atoms with Crippen molar-refractivity contribution in [1.82, 2.24) is 5.32 Å². The summed E-state index contributed by atoms with van der Waals surface area (Å²) in [4.78, 5) is 27.2. The largest absolute Gasteiger partial charge is 0.348 e. The van der Waals surface area contributed by atoms with Gasteiger partial charge in [-0.2, -0.15) is 0 Å². The summed E-state index contributed by atoms with van der Waals surface area (Å²) in [7, 11) is -3.09. The second-order valence-corrected chi connectivity index (χ2v) is 12.3. The van der Waals surface area contributed by atoms with E-state index in [2.05, 4.69) is 33.5 Å². The van der Waals surface area contributed by atoms with Crippen molar-refractivity contribution in [1.29, 1.82) is 0 Å². The Labute approximate surface area is 188 Å². The van der Waals surface area contributed by atoms with Crippen LogP contribution in [0.15, 0.2) is 28.7 Å². The molecular weight excluding hydrogens is 488 g/mol. The Morgan fingerprint density at radius 2 is 1.93 bits per heavy atom. The lowest BCUT2D eigenvalue weighted by Crippen LogP contribution is -2.36. The van der Waals surface area contributed by atoms with Gasteiger partial charge in [-0.05, 0) is 65.2 Å². The minimum absolute atomic E-state index is 0.0270. The summed E-state index contributed by atoms with van der Waals surface area (Å²) < 4.78 is 24.2. The minimum Gasteiger partial charge on any atom is -0.348 e. The van der Waals surface area contributed by atoms with Crippen LogP contribution in [0.3, 0.4) is 0 Å². The standard InChI is InChI=1S/C21H23BrN2O4S2/c1-12-6-7-15-17(10-12)29-21(24-19(25)14-4-2-3-5-16(14)22)18(15)20(26)23-13-8-9-30(27,28)11-13/h2-5,12-13H,6-11H2,1H3,(H,23,26)(H,24,25). The highest BCUT2D eigenvalue weighted by Crippen LogP contribution is 2.40. The first kappa shape index (κ1) is 21.5. The number of benzene rings is 1. The fourth-order valence-corrected chi connectivity index (χ4v) is 7.60. The van der Waals surface area contributed by atoms with Crippen molar-refractivity contribution < 1.29 is 18.0 Å². The third-order valence-electron chi connectivity index (χ3n) is 5.65. The lowest BCUT2D eigenvalue weighted by atomic mass is 9.88. The van der Waals surface area contributed by atoms with E-state index in [0.29, 0.717) is 32.9 Å². The number of anilines is 1. The van der Waals surface area contributed by atoms with Gasteiger partial charge in [0.1, 0.15) is 5.00 Å². The molecule has 160 valence electrons. The summed E-state index contributed by atoms with van der Waals surface area (Å²) in [6, 6.07) is 6.75. The molecule has 2 N–H and O–H groups in total. The zero-order chi connectivity index (χ0) is 21.5. The number of fused-ring (bicyclic) bond motifs is 1. The molecule has 1 aromatic heterocycles. The number of nitrogens with one attached hydrogen (secondary N) is 2. The number of sulfone groups is 1. The van der Waals surface area contributed by atoms with Gasteiger partial charge < -0.3 is 10.6 Å². The predicted molar refractivity (Wildman–Crippen MR) is 122 cm³/mol. The van der Waals surface area contributed by atoms with Crippen LogP contribution in [0.5, 0.6) is 0 Å². The Balaban J connectivity index is 1.64. The summed E-state index contributed by atoms with van der Waals surface area (Å²) >= 11 is 4.85. The van der Waals surface area contributed by atoms with E-state index in [9.17, 15) is 18.0 Å². The van der Waals surface area contributed by atoms with Crippen molar-refractivity contribution in [3.63, 3.8) is 0 Å². The second-order valence-electron chi connectivity index (χ2n) is 8.06. The van der Waals surface area contributed by atoms with Crippen LogP contribution in [-0.2, 0) is 22.7 Å². The van der Waals surface area contributed by atoms with E-state index in [-0.39, 0.29) is 29.4 Å². The second kappa shape index (κ2) is 8.43. The molecule has 0 saturated carbocycles. The van der Waals surface area contributed by atoms with E-state index in [1.807, 2.05) is 6.07 Å². The molecule has 0 radical (unpaired) electrons.